The van der Waals surface area contributed by atoms with Gasteiger partial charge in [0.1, 0.15) is 0 Å². The fourth-order valence-electron chi connectivity index (χ4n) is 3.91. The van der Waals surface area contributed by atoms with Crippen LogP contribution in [0.15, 0.2) is 73.1 Å². The summed E-state index contributed by atoms with van der Waals surface area (Å²) in [5.41, 5.74) is 3.16. The van der Waals surface area contributed by atoms with Crippen LogP contribution in [-0.2, 0) is 6.54 Å². The maximum Gasteiger partial charge on any atom is 0.319 e. The number of anilines is 2. The first-order valence-electron chi connectivity index (χ1n) is 10.9. The standard InChI is InChI=1S/C25H26ClN5O2/c26-19-6-3-7-21(15-19)30-25(33)29-20-10-13-31(14-11-20)23-9-2-1-8-22(23)24(32)28-17-18-5-4-12-27-16-18/h1-9,12,15-16,20H,10-11,13-14,17H2,(H,28,32)(H2,29,30,33). The predicted octanol–water partition coefficient (Wildman–Crippen LogP) is 4.46. The number of para-hydroxylation sites is 1. The van der Waals surface area contributed by atoms with Crippen molar-refractivity contribution in [2.24, 2.45) is 0 Å². The molecule has 8 heteroatoms. The number of benzene rings is 2. The summed E-state index contributed by atoms with van der Waals surface area (Å²) in [5, 5.41) is 9.40. The first-order chi connectivity index (χ1) is 16.1. The molecule has 4 rings (SSSR count). The molecule has 1 aliphatic rings. The third-order valence-electron chi connectivity index (χ3n) is 5.58. The monoisotopic (exact) mass is 463 g/mol. The number of hydrogen-bond acceptors (Lipinski definition) is 4. The molecule has 1 aliphatic heterocycles. The van der Waals surface area contributed by atoms with Crippen LogP contribution < -0.4 is 20.9 Å². The average Bonchev–Trinajstić information content (AvgIpc) is 2.84. The molecule has 1 fully saturated rings. The van der Waals surface area contributed by atoms with Gasteiger partial charge in [-0.25, -0.2) is 4.79 Å². The maximum absolute atomic E-state index is 12.9. The van der Waals surface area contributed by atoms with Gasteiger partial charge in [-0.3, -0.25) is 9.78 Å². The van der Waals surface area contributed by atoms with E-state index in [9.17, 15) is 9.59 Å². The lowest BCUT2D eigenvalue weighted by atomic mass is 10.0. The second-order valence-electron chi connectivity index (χ2n) is 7.93. The van der Waals surface area contributed by atoms with E-state index in [1.165, 1.54) is 0 Å². The van der Waals surface area contributed by atoms with E-state index in [1.807, 2.05) is 36.4 Å². The first kappa shape index (κ1) is 22.6. The topological polar surface area (TPSA) is 86.4 Å². The Labute approximate surface area is 198 Å². The van der Waals surface area contributed by atoms with Crippen molar-refractivity contribution in [3.63, 3.8) is 0 Å². The molecule has 0 aliphatic carbocycles. The van der Waals surface area contributed by atoms with Crippen LogP contribution in [0, 0.1) is 0 Å². The summed E-state index contributed by atoms with van der Waals surface area (Å²) in [4.78, 5) is 31.5. The molecule has 0 bridgehead atoms. The maximum atomic E-state index is 12.9. The summed E-state index contributed by atoms with van der Waals surface area (Å²) < 4.78 is 0. The number of hydrogen-bond donors (Lipinski definition) is 3. The Morgan fingerprint density at radius 1 is 1.03 bits per heavy atom. The number of piperidine rings is 1. The minimum absolute atomic E-state index is 0.0620. The van der Waals surface area contributed by atoms with Crippen LogP contribution in [0.4, 0.5) is 16.2 Å². The molecule has 2 aromatic carbocycles. The molecule has 33 heavy (non-hydrogen) atoms. The Kier molecular flexibility index (Phi) is 7.42. The summed E-state index contributed by atoms with van der Waals surface area (Å²) in [7, 11) is 0. The zero-order chi connectivity index (χ0) is 23.0. The molecule has 7 nitrogen and oxygen atoms in total. The molecule has 0 saturated carbocycles. The number of nitrogens with zero attached hydrogens (tertiary/aromatic N) is 2. The highest BCUT2D eigenvalue weighted by Gasteiger charge is 2.23. The zero-order valence-electron chi connectivity index (χ0n) is 18.1. The summed E-state index contributed by atoms with van der Waals surface area (Å²) in [6, 6.07) is 18.3. The van der Waals surface area contributed by atoms with Gasteiger partial charge in [-0.1, -0.05) is 35.9 Å². The number of carbonyl (C=O) groups is 2. The molecule has 1 saturated heterocycles. The third-order valence-corrected chi connectivity index (χ3v) is 5.81. The number of halogens is 1. The van der Waals surface area contributed by atoms with Gasteiger partial charge in [0.05, 0.1) is 5.56 Å². The Bertz CT molecular complexity index is 1100. The lowest BCUT2D eigenvalue weighted by Crippen LogP contribution is -2.46. The molecular weight excluding hydrogens is 438 g/mol. The van der Waals surface area contributed by atoms with Crippen molar-refractivity contribution in [1.82, 2.24) is 15.6 Å². The highest BCUT2D eigenvalue weighted by Crippen LogP contribution is 2.24. The van der Waals surface area contributed by atoms with Gasteiger partial charge in [-0.05, 0) is 54.8 Å². The van der Waals surface area contributed by atoms with E-state index in [0.717, 1.165) is 37.2 Å². The summed E-state index contributed by atoms with van der Waals surface area (Å²) in [6.07, 6.45) is 5.02. The van der Waals surface area contributed by atoms with Crippen molar-refractivity contribution >= 4 is 34.9 Å². The highest BCUT2D eigenvalue weighted by atomic mass is 35.5. The number of urea groups is 1. The van der Waals surface area contributed by atoms with Crippen LogP contribution in [0.25, 0.3) is 0 Å². The lowest BCUT2D eigenvalue weighted by molar-refractivity contribution is 0.0951. The molecular formula is C25H26ClN5O2. The Morgan fingerprint density at radius 3 is 2.61 bits per heavy atom. The number of nitrogens with one attached hydrogen (secondary N) is 3. The number of carbonyl (C=O) groups excluding carboxylic acids is 2. The number of rotatable bonds is 6. The minimum Gasteiger partial charge on any atom is -0.371 e. The largest absolute Gasteiger partial charge is 0.371 e. The van der Waals surface area contributed by atoms with Crippen molar-refractivity contribution in [3.8, 4) is 0 Å². The molecule has 1 aromatic heterocycles. The molecule has 0 unspecified atom stereocenters. The van der Waals surface area contributed by atoms with Gasteiger partial charge in [0.25, 0.3) is 5.91 Å². The van der Waals surface area contributed by atoms with E-state index in [4.69, 9.17) is 11.6 Å². The summed E-state index contributed by atoms with van der Waals surface area (Å²) in [6.45, 7) is 1.92. The second-order valence-corrected chi connectivity index (χ2v) is 8.37. The molecule has 3 aromatic rings. The van der Waals surface area contributed by atoms with Crippen molar-refractivity contribution in [2.45, 2.75) is 25.4 Å². The number of aromatic nitrogens is 1. The fraction of sp³-hybridized carbons (Fsp3) is 0.240. The van der Waals surface area contributed by atoms with Gasteiger partial charge in [0.15, 0.2) is 0 Å². The van der Waals surface area contributed by atoms with Crippen LogP contribution in [-0.4, -0.2) is 36.1 Å². The van der Waals surface area contributed by atoms with E-state index in [1.54, 1.807) is 36.7 Å². The smallest absolute Gasteiger partial charge is 0.319 e. The van der Waals surface area contributed by atoms with Crippen LogP contribution in [0.1, 0.15) is 28.8 Å². The highest BCUT2D eigenvalue weighted by molar-refractivity contribution is 6.30. The van der Waals surface area contributed by atoms with Gasteiger partial charge in [0.2, 0.25) is 0 Å². The van der Waals surface area contributed by atoms with Crippen molar-refractivity contribution < 1.29 is 9.59 Å². The molecule has 0 radical (unpaired) electrons. The predicted molar refractivity (Wildman–Crippen MR) is 131 cm³/mol. The van der Waals surface area contributed by atoms with E-state index in [0.29, 0.717) is 22.8 Å². The van der Waals surface area contributed by atoms with Crippen molar-refractivity contribution in [2.75, 3.05) is 23.3 Å². The van der Waals surface area contributed by atoms with E-state index in [2.05, 4.69) is 25.8 Å². The molecule has 3 amide bonds. The van der Waals surface area contributed by atoms with E-state index in [-0.39, 0.29) is 18.0 Å². The van der Waals surface area contributed by atoms with Gasteiger partial charge in [-0.2, -0.15) is 0 Å². The SMILES string of the molecule is O=C(Nc1cccc(Cl)c1)NC1CCN(c2ccccc2C(=O)NCc2cccnc2)CC1. The average molecular weight is 464 g/mol. The molecule has 170 valence electrons. The Morgan fingerprint density at radius 2 is 1.85 bits per heavy atom. The molecule has 0 spiro atoms. The summed E-state index contributed by atoms with van der Waals surface area (Å²) >= 11 is 5.97. The normalized spacial score (nSPS) is 13.9. The quantitative estimate of drug-likeness (QED) is 0.504. The van der Waals surface area contributed by atoms with Gasteiger partial charge < -0.3 is 20.9 Å². The zero-order valence-corrected chi connectivity index (χ0v) is 18.9. The number of pyridine rings is 1. The Hall–Kier alpha value is -3.58. The van der Waals surface area contributed by atoms with Gasteiger partial charge >= 0.3 is 6.03 Å². The van der Waals surface area contributed by atoms with Crippen LogP contribution in [0.2, 0.25) is 5.02 Å². The Balaban J connectivity index is 1.31. The van der Waals surface area contributed by atoms with Crippen molar-refractivity contribution in [1.29, 1.82) is 0 Å². The fourth-order valence-corrected chi connectivity index (χ4v) is 4.10. The molecule has 0 atom stereocenters. The van der Waals surface area contributed by atoms with Gasteiger partial charge in [0, 0.05) is 54.5 Å². The lowest BCUT2D eigenvalue weighted by Gasteiger charge is -2.34. The first-order valence-corrected chi connectivity index (χ1v) is 11.3. The molecule has 2 heterocycles. The van der Waals surface area contributed by atoms with Crippen LogP contribution in [0.3, 0.4) is 0 Å². The van der Waals surface area contributed by atoms with Crippen LogP contribution in [0.5, 0.6) is 0 Å². The third kappa shape index (κ3) is 6.23. The number of amides is 3. The van der Waals surface area contributed by atoms with E-state index >= 15 is 0 Å². The van der Waals surface area contributed by atoms with Gasteiger partial charge in [-0.15, -0.1) is 0 Å². The summed E-state index contributed by atoms with van der Waals surface area (Å²) in [5.74, 6) is -0.115. The minimum atomic E-state index is -0.245. The molecule has 3 N–H and O–H groups in total. The van der Waals surface area contributed by atoms with E-state index < -0.39 is 0 Å². The van der Waals surface area contributed by atoms with Crippen LogP contribution >= 0.6 is 11.6 Å². The van der Waals surface area contributed by atoms with Crippen molar-refractivity contribution in [3.05, 3.63) is 89.2 Å². The second kappa shape index (κ2) is 10.8.